The molecule has 0 heterocycles. The highest BCUT2D eigenvalue weighted by molar-refractivity contribution is 7.53. The predicted octanol–water partition coefficient (Wildman–Crippen LogP) is 8.95. The smallest absolute Gasteiger partial charge is 0.330 e. The van der Waals surface area contributed by atoms with E-state index in [9.17, 15) is 4.57 Å². The summed E-state index contributed by atoms with van der Waals surface area (Å²) < 4.78 is 34.6. The molecule has 0 fully saturated rings. The van der Waals surface area contributed by atoms with E-state index in [4.69, 9.17) is 18.5 Å². The summed E-state index contributed by atoms with van der Waals surface area (Å²) in [6.07, 6.45) is 17.5. The molecule has 0 aliphatic rings. The summed E-state index contributed by atoms with van der Waals surface area (Å²) >= 11 is 0. The highest BCUT2D eigenvalue weighted by Crippen LogP contribution is 2.48. The van der Waals surface area contributed by atoms with E-state index in [0.29, 0.717) is 19.4 Å². The normalized spacial score (nSPS) is 11.8. The second kappa shape index (κ2) is 23.7. The Morgan fingerprint density at radius 1 is 0.571 bits per heavy atom. The summed E-state index contributed by atoms with van der Waals surface area (Å²) in [7, 11) is -2.84. The van der Waals surface area contributed by atoms with E-state index in [0.717, 1.165) is 45.7 Å². The lowest BCUT2D eigenvalue weighted by Crippen LogP contribution is -2.00. The van der Waals surface area contributed by atoms with Crippen LogP contribution >= 0.6 is 7.60 Å². The molecule has 0 aromatic heterocycles. The van der Waals surface area contributed by atoms with Crippen LogP contribution in [0.1, 0.15) is 109 Å². The molecule has 5 nitrogen and oxygen atoms in total. The average molecular weight is 513 g/mol. The summed E-state index contributed by atoms with van der Waals surface area (Å²) in [5, 5.41) is 0. The lowest BCUT2D eigenvalue weighted by molar-refractivity contribution is 0.116. The van der Waals surface area contributed by atoms with Crippen LogP contribution in [0.15, 0.2) is 30.3 Å². The first-order valence-electron chi connectivity index (χ1n) is 14.3. The molecule has 204 valence electrons. The lowest BCUT2D eigenvalue weighted by atomic mass is 10.1. The van der Waals surface area contributed by atoms with Crippen LogP contribution in [0, 0.1) is 0 Å². The number of hydrogen-bond donors (Lipinski definition) is 0. The van der Waals surface area contributed by atoms with Crippen LogP contribution in [0.5, 0.6) is 0 Å². The Labute approximate surface area is 216 Å². The predicted molar refractivity (Wildman–Crippen MR) is 147 cm³/mol. The van der Waals surface area contributed by atoms with E-state index in [-0.39, 0.29) is 0 Å². The molecule has 0 amide bonds. The molecule has 0 atom stereocenters. The van der Waals surface area contributed by atoms with E-state index in [2.05, 4.69) is 24.3 Å². The van der Waals surface area contributed by atoms with Crippen molar-refractivity contribution in [2.24, 2.45) is 0 Å². The maximum Gasteiger partial charge on any atom is 0.330 e. The van der Waals surface area contributed by atoms with Crippen LogP contribution in [-0.4, -0.2) is 39.2 Å². The van der Waals surface area contributed by atoms with Gasteiger partial charge in [-0.05, 0) is 45.1 Å². The Morgan fingerprint density at radius 2 is 1.00 bits per heavy atom. The van der Waals surface area contributed by atoms with Gasteiger partial charge in [-0.15, -0.1) is 0 Å². The minimum atomic E-state index is -2.84. The minimum Gasteiger partial charge on any atom is -0.381 e. The van der Waals surface area contributed by atoms with Gasteiger partial charge in [-0.2, -0.15) is 0 Å². The topological polar surface area (TPSA) is 54.0 Å². The van der Waals surface area contributed by atoms with Gasteiger partial charge in [0.25, 0.3) is 0 Å². The van der Waals surface area contributed by atoms with Gasteiger partial charge in [-0.25, -0.2) is 0 Å². The Hall–Kier alpha value is -0.710. The third kappa shape index (κ3) is 20.1. The molecule has 1 aromatic rings. The third-order valence-corrected chi connectivity index (χ3v) is 8.23. The molecule has 0 spiro atoms. The van der Waals surface area contributed by atoms with Gasteiger partial charge < -0.3 is 18.5 Å². The van der Waals surface area contributed by atoms with E-state index in [1.165, 1.54) is 76.2 Å². The number of unbranched alkanes of at least 4 members (excludes halogenated alkanes) is 12. The Balaban J connectivity index is 1.73. The van der Waals surface area contributed by atoms with Gasteiger partial charge in [0.05, 0.1) is 26.0 Å². The van der Waals surface area contributed by atoms with Gasteiger partial charge in [-0.1, -0.05) is 94.5 Å². The molecule has 1 rings (SSSR count). The van der Waals surface area contributed by atoms with Crippen LogP contribution < -0.4 is 0 Å². The molecule has 35 heavy (non-hydrogen) atoms. The SMILES string of the molecule is CCOP(=O)(CCCCCCCCCCOCCCCCCCCOCc1ccccc1)OCC. The number of ether oxygens (including phenoxy) is 2. The Bertz CT molecular complexity index is 600. The zero-order valence-electron chi connectivity index (χ0n) is 22.7. The van der Waals surface area contributed by atoms with Gasteiger partial charge in [0.2, 0.25) is 0 Å². The van der Waals surface area contributed by atoms with Crippen molar-refractivity contribution in [1.29, 1.82) is 0 Å². The zero-order valence-corrected chi connectivity index (χ0v) is 23.6. The highest BCUT2D eigenvalue weighted by Gasteiger charge is 2.22. The molecule has 0 saturated heterocycles. The maximum absolute atomic E-state index is 12.4. The first kappa shape index (κ1) is 32.3. The van der Waals surface area contributed by atoms with Crippen molar-refractivity contribution in [3.8, 4) is 0 Å². The third-order valence-electron chi connectivity index (χ3n) is 6.06. The van der Waals surface area contributed by atoms with Crippen LogP contribution in [-0.2, 0) is 29.7 Å². The summed E-state index contributed by atoms with van der Waals surface area (Å²) in [5.41, 5.74) is 1.25. The summed E-state index contributed by atoms with van der Waals surface area (Å²) in [4.78, 5) is 0. The molecule has 0 aliphatic carbocycles. The monoisotopic (exact) mass is 512 g/mol. The van der Waals surface area contributed by atoms with Gasteiger partial charge in [0, 0.05) is 19.8 Å². The summed E-state index contributed by atoms with van der Waals surface area (Å²) in [5.74, 6) is 0. The molecule has 6 heteroatoms. The molecule has 0 aliphatic heterocycles. The van der Waals surface area contributed by atoms with Crippen molar-refractivity contribution in [3.63, 3.8) is 0 Å². The van der Waals surface area contributed by atoms with Crippen LogP contribution in [0.4, 0.5) is 0 Å². The number of hydrogen-bond acceptors (Lipinski definition) is 5. The fourth-order valence-electron chi connectivity index (χ4n) is 4.11. The zero-order chi connectivity index (χ0) is 25.3. The molecular formula is C29H53O5P. The quantitative estimate of drug-likeness (QED) is 0.0916. The van der Waals surface area contributed by atoms with Gasteiger partial charge in [-0.3, -0.25) is 4.57 Å². The Kier molecular flexibility index (Phi) is 21.9. The van der Waals surface area contributed by atoms with E-state index >= 15 is 0 Å². The van der Waals surface area contributed by atoms with Gasteiger partial charge in [0.1, 0.15) is 0 Å². The average Bonchev–Trinajstić information content (AvgIpc) is 2.86. The highest BCUT2D eigenvalue weighted by atomic mass is 31.2. The van der Waals surface area contributed by atoms with Crippen LogP contribution in [0.25, 0.3) is 0 Å². The van der Waals surface area contributed by atoms with Crippen LogP contribution in [0.3, 0.4) is 0 Å². The largest absolute Gasteiger partial charge is 0.381 e. The van der Waals surface area contributed by atoms with Crippen LogP contribution in [0.2, 0.25) is 0 Å². The lowest BCUT2D eigenvalue weighted by Gasteiger charge is -2.16. The Morgan fingerprint density at radius 3 is 1.49 bits per heavy atom. The van der Waals surface area contributed by atoms with E-state index in [1.54, 1.807) is 0 Å². The second-order valence-electron chi connectivity index (χ2n) is 9.27. The van der Waals surface area contributed by atoms with Crippen molar-refractivity contribution in [2.45, 2.75) is 110 Å². The molecule has 0 unspecified atom stereocenters. The molecule has 0 bridgehead atoms. The van der Waals surface area contributed by atoms with Crippen molar-refractivity contribution in [3.05, 3.63) is 35.9 Å². The fraction of sp³-hybridized carbons (Fsp3) is 0.793. The second-order valence-corrected chi connectivity index (χ2v) is 11.5. The first-order chi connectivity index (χ1) is 17.2. The maximum atomic E-state index is 12.4. The van der Waals surface area contributed by atoms with Crippen molar-refractivity contribution in [2.75, 3.05) is 39.2 Å². The van der Waals surface area contributed by atoms with Gasteiger partial charge in [0.15, 0.2) is 0 Å². The molecular weight excluding hydrogens is 459 g/mol. The van der Waals surface area contributed by atoms with Gasteiger partial charge >= 0.3 is 7.60 Å². The van der Waals surface area contributed by atoms with Crippen molar-refractivity contribution < 1.29 is 23.1 Å². The van der Waals surface area contributed by atoms with Crippen molar-refractivity contribution >= 4 is 7.60 Å². The molecule has 0 radical (unpaired) electrons. The standard InChI is InChI=1S/C29H53O5P/c1-3-33-35(30,34-4-2)27-21-14-10-6-5-7-11-18-24-31-25-19-12-8-9-13-20-26-32-28-29-22-16-15-17-23-29/h15-17,22-23H,3-14,18-21,24-28H2,1-2H3. The number of rotatable bonds is 26. The molecule has 0 N–H and O–H groups in total. The summed E-state index contributed by atoms with van der Waals surface area (Å²) in [6, 6.07) is 10.4. The molecule has 0 saturated carbocycles. The fourth-order valence-corrected chi connectivity index (χ4v) is 5.84. The minimum absolute atomic E-state index is 0.452. The first-order valence-corrected chi connectivity index (χ1v) is 16.0. The van der Waals surface area contributed by atoms with E-state index in [1.807, 2.05) is 19.9 Å². The van der Waals surface area contributed by atoms with Crippen molar-refractivity contribution in [1.82, 2.24) is 0 Å². The van der Waals surface area contributed by atoms with E-state index < -0.39 is 7.60 Å². The summed E-state index contributed by atoms with van der Waals surface area (Å²) in [6.45, 7) is 8.05. The molecule has 1 aromatic carbocycles. The number of benzene rings is 1.